The van der Waals surface area contributed by atoms with Gasteiger partial charge in [-0.25, -0.2) is 4.98 Å². The van der Waals surface area contributed by atoms with Gasteiger partial charge in [0.15, 0.2) is 0 Å². The molecule has 2 rings (SSSR count). The Balaban J connectivity index is 1.69. The first-order valence-corrected chi connectivity index (χ1v) is 11.8. The van der Waals surface area contributed by atoms with Crippen molar-refractivity contribution >= 4 is 17.5 Å². The molecular weight excluding hydrogens is 356 g/mol. The molecule has 0 saturated heterocycles. The summed E-state index contributed by atoms with van der Waals surface area (Å²) in [6.45, 7) is 5.44. The largest absolute Gasteiger partial charge is 0.370 e. The number of aryl methyl sites for hydroxylation is 1. The number of nitrogens with one attached hydrogen (secondary N) is 2. The third kappa shape index (κ3) is 10.3. The van der Waals surface area contributed by atoms with Crippen LogP contribution >= 0.6 is 0 Å². The first-order chi connectivity index (χ1) is 14.3. The van der Waals surface area contributed by atoms with Crippen LogP contribution in [0.5, 0.6) is 0 Å². The maximum atomic E-state index is 4.66. The second-order valence-electron chi connectivity index (χ2n) is 7.92. The lowest BCUT2D eigenvalue weighted by Gasteiger charge is -2.11. The molecule has 1 aromatic carbocycles. The van der Waals surface area contributed by atoms with Crippen LogP contribution in [0.1, 0.15) is 90.2 Å². The molecule has 1 aromatic heterocycles. The van der Waals surface area contributed by atoms with Gasteiger partial charge in [0.1, 0.15) is 5.82 Å². The van der Waals surface area contributed by atoms with Crippen molar-refractivity contribution in [1.82, 2.24) is 9.97 Å². The summed E-state index contributed by atoms with van der Waals surface area (Å²) in [5.74, 6) is 1.60. The molecule has 0 saturated carbocycles. The first-order valence-electron chi connectivity index (χ1n) is 11.8. The Hall–Kier alpha value is -2.10. The van der Waals surface area contributed by atoms with E-state index in [4.69, 9.17) is 0 Å². The van der Waals surface area contributed by atoms with Crippen LogP contribution in [0.4, 0.5) is 17.5 Å². The lowest BCUT2D eigenvalue weighted by atomic mass is 10.1. The molecule has 160 valence electrons. The number of rotatable bonds is 16. The van der Waals surface area contributed by atoms with E-state index in [1.165, 1.54) is 64.2 Å². The summed E-state index contributed by atoms with van der Waals surface area (Å²) in [4.78, 5) is 9.32. The molecule has 0 atom stereocenters. The fraction of sp³-hybridized carbons (Fsp3) is 0.600. The first kappa shape index (κ1) is 23.2. The third-order valence-corrected chi connectivity index (χ3v) is 5.15. The highest BCUT2D eigenvalue weighted by Gasteiger charge is 2.05. The lowest BCUT2D eigenvalue weighted by molar-refractivity contribution is 0.560. The summed E-state index contributed by atoms with van der Waals surface area (Å²) in [5.41, 5.74) is 2.10. The molecule has 2 N–H and O–H groups in total. The molecule has 0 aliphatic rings. The van der Waals surface area contributed by atoms with Crippen molar-refractivity contribution < 1.29 is 0 Å². The van der Waals surface area contributed by atoms with Gasteiger partial charge >= 0.3 is 0 Å². The van der Waals surface area contributed by atoms with Crippen LogP contribution in [0, 0.1) is 0 Å². The zero-order valence-corrected chi connectivity index (χ0v) is 18.6. The minimum absolute atomic E-state index is 0.674. The van der Waals surface area contributed by atoms with E-state index in [1.54, 1.807) is 0 Å². The van der Waals surface area contributed by atoms with E-state index >= 15 is 0 Å². The van der Waals surface area contributed by atoms with Gasteiger partial charge in [0, 0.05) is 24.0 Å². The van der Waals surface area contributed by atoms with Gasteiger partial charge < -0.3 is 10.6 Å². The Kier molecular flexibility index (Phi) is 11.9. The zero-order chi connectivity index (χ0) is 20.6. The summed E-state index contributed by atoms with van der Waals surface area (Å²) in [7, 11) is 0. The van der Waals surface area contributed by atoms with Gasteiger partial charge in [-0.05, 0) is 25.0 Å². The molecule has 0 bridgehead atoms. The normalized spacial score (nSPS) is 10.8. The fourth-order valence-corrected chi connectivity index (χ4v) is 3.51. The summed E-state index contributed by atoms with van der Waals surface area (Å²) < 4.78 is 0. The van der Waals surface area contributed by atoms with Gasteiger partial charge in [0.2, 0.25) is 5.95 Å². The molecule has 4 nitrogen and oxygen atoms in total. The van der Waals surface area contributed by atoms with E-state index in [0.29, 0.717) is 5.95 Å². The smallest absolute Gasteiger partial charge is 0.229 e. The molecule has 0 amide bonds. The van der Waals surface area contributed by atoms with Crippen LogP contribution in [0.3, 0.4) is 0 Å². The van der Waals surface area contributed by atoms with Gasteiger partial charge in [0.05, 0.1) is 0 Å². The van der Waals surface area contributed by atoms with Gasteiger partial charge in [0.25, 0.3) is 0 Å². The number of hydrogen-bond acceptors (Lipinski definition) is 4. The highest BCUT2D eigenvalue weighted by molar-refractivity contribution is 5.55. The van der Waals surface area contributed by atoms with Crippen molar-refractivity contribution in [2.24, 2.45) is 0 Å². The van der Waals surface area contributed by atoms with Crippen LogP contribution < -0.4 is 10.6 Å². The van der Waals surface area contributed by atoms with Crippen molar-refractivity contribution in [3.8, 4) is 0 Å². The van der Waals surface area contributed by atoms with Crippen molar-refractivity contribution in [3.63, 3.8) is 0 Å². The molecule has 4 heteroatoms. The molecular formula is C25H40N4. The van der Waals surface area contributed by atoms with Gasteiger partial charge in [-0.15, -0.1) is 0 Å². The van der Waals surface area contributed by atoms with E-state index in [9.17, 15) is 0 Å². The zero-order valence-electron chi connectivity index (χ0n) is 18.6. The monoisotopic (exact) mass is 396 g/mol. The van der Waals surface area contributed by atoms with Crippen LogP contribution in [-0.2, 0) is 6.42 Å². The highest BCUT2D eigenvalue weighted by atomic mass is 15.1. The molecule has 1 heterocycles. The summed E-state index contributed by atoms with van der Waals surface area (Å²) in [6.07, 6.45) is 15.7. The fourth-order valence-electron chi connectivity index (χ4n) is 3.51. The quantitative estimate of drug-likeness (QED) is 0.288. The number of anilines is 3. The molecule has 0 unspecified atom stereocenters. The average Bonchev–Trinajstić information content (AvgIpc) is 2.73. The van der Waals surface area contributed by atoms with Crippen molar-refractivity contribution in [2.75, 3.05) is 17.2 Å². The standard InChI is InChI=1S/C25H40N4/c1-3-5-6-7-8-9-10-11-12-16-20-26-24-21-23(17-4-2)28-25(29-24)27-22-18-14-13-15-19-22/h13-15,18-19,21H,3-12,16-17,20H2,1-2H3,(H2,26,27,28,29). The molecule has 29 heavy (non-hydrogen) atoms. The molecule has 0 aliphatic heterocycles. The summed E-state index contributed by atoms with van der Waals surface area (Å²) in [6, 6.07) is 12.2. The predicted molar refractivity (Wildman–Crippen MR) is 126 cm³/mol. The lowest BCUT2D eigenvalue weighted by Crippen LogP contribution is -2.08. The maximum Gasteiger partial charge on any atom is 0.229 e. The Morgan fingerprint density at radius 2 is 1.38 bits per heavy atom. The second-order valence-corrected chi connectivity index (χ2v) is 7.92. The van der Waals surface area contributed by atoms with Gasteiger partial charge in [-0.2, -0.15) is 4.98 Å². The van der Waals surface area contributed by atoms with Crippen molar-refractivity contribution in [2.45, 2.75) is 90.9 Å². The Labute approximate surface area is 178 Å². The Morgan fingerprint density at radius 1 is 0.724 bits per heavy atom. The van der Waals surface area contributed by atoms with Crippen LogP contribution in [0.25, 0.3) is 0 Å². The minimum atomic E-state index is 0.674. The Bertz CT molecular complexity index is 657. The van der Waals surface area contributed by atoms with Crippen LogP contribution in [0.2, 0.25) is 0 Å². The molecule has 0 fully saturated rings. The number of benzene rings is 1. The predicted octanol–water partition coefficient (Wildman–Crippen LogP) is 7.51. The number of aromatic nitrogens is 2. The summed E-state index contributed by atoms with van der Waals surface area (Å²) >= 11 is 0. The van der Waals surface area contributed by atoms with Gasteiger partial charge in [-0.1, -0.05) is 96.3 Å². The van der Waals surface area contributed by atoms with Crippen molar-refractivity contribution in [1.29, 1.82) is 0 Å². The van der Waals surface area contributed by atoms with E-state index < -0.39 is 0 Å². The molecule has 0 aliphatic carbocycles. The number of hydrogen-bond donors (Lipinski definition) is 2. The summed E-state index contributed by atoms with van der Waals surface area (Å²) in [5, 5.41) is 6.83. The third-order valence-electron chi connectivity index (χ3n) is 5.15. The molecule has 0 spiro atoms. The SMILES string of the molecule is CCCCCCCCCCCCNc1cc(CCC)nc(Nc2ccccc2)n1. The van der Waals surface area contributed by atoms with Crippen LogP contribution in [0.15, 0.2) is 36.4 Å². The molecule has 0 radical (unpaired) electrons. The second kappa shape index (κ2) is 14.8. The van der Waals surface area contributed by atoms with E-state index in [-0.39, 0.29) is 0 Å². The number of unbranched alkanes of at least 4 members (excludes halogenated alkanes) is 9. The average molecular weight is 397 g/mol. The van der Waals surface area contributed by atoms with Crippen LogP contribution in [-0.4, -0.2) is 16.5 Å². The maximum absolute atomic E-state index is 4.66. The van der Waals surface area contributed by atoms with Gasteiger partial charge in [-0.3, -0.25) is 0 Å². The number of nitrogens with zero attached hydrogens (tertiary/aromatic N) is 2. The highest BCUT2D eigenvalue weighted by Crippen LogP contribution is 2.17. The van der Waals surface area contributed by atoms with E-state index in [0.717, 1.165) is 36.6 Å². The number of para-hydroxylation sites is 1. The topological polar surface area (TPSA) is 49.8 Å². The molecule has 2 aromatic rings. The minimum Gasteiger partial charge on any atom is -0.370 e. The van der Waals surface area contributed by atoms with E-state index in [1.807, 2.05) is 30.3 Å². The van der Waals surface area contributed by atoms with Crippen molar-refractivity contribution in [3.05, 3.63) is 42.1 Å². The Morgan fingerprint density at radius 3 is 2.03 bits per heavy atom. The van der Waals surface area contributed by atoms with E-state index in [2.05, 4.69) is 40.5 Å².